The van der Waals surface area contributed by atoms with Gasteiger partial charge in [-0.25, -0.2) is 16.8 Å². The lowest BCUT2D eigenvalue weighted by molar-refractivity contribution is 0.0747. The molecule has 1 saturated heterocycles. The van der Waals surface area contributed by atoms with Crippen molar-refractivity contribution < 1.29 is 26.4 Å². The molecular weight excluding hydrogens is 464 g/mol. The van der Waals surface area contributed by atoms with Gasteiger partial charge in [-0.3, -0.25) is 9.52 Å². The average molecular weight is 487 g/mol. The fourth-order valence-corrected chi connectivity index (χ4v) is 6.33. The van der Waals surface area contributed by atoms with Gasteiger partial charge < -0.3 is 9.64 Å². The lowest BCUT2D eigenvalue weighted by atomic mass is 10.1. The number of sulfone groups is 1. The number of benzene rings is 2. The summed E-state index contributed by atoms with van der Waals surface area (Å²) in [7, 11) is -5.68. The molecule has 1 aliphatic rings. The van der Waals surface area contributed by atoms with Gasteiger partial charge in [0, 0.05) is 18.8 Å². The zero-order valence-corrected chi connectivity index (χ0v) is 19.4. The Morgan fingerprint density at radius 1 is 1.23 bits per heavy atom. The van der Waals surface area contributed by atoms with E-state index in [4.69, 9.17) is 16.3 Å². The molecule has 0 aliphatic carbocycles. The molecule has 1 atom stereocenters. The molecule has 11 heteroatoms. The quantitative estimate of drug-likeness (QED) is 0.644. The van der Waals surface area contributed by atoms with Crippen LogP contribution in [-0.4, -0.2) is 58.8 Å². The molecule has 0 aromatic heterocycles. The molecule has 8 nitrogen and oxygen atoms in total. The molecule has 168 valence electrons. The molecule has 1 amide bonds. The number of nitrogens with zero attached hydrogens (tertiary/aromatic N) is 1. The van der Waals surface area contributed by atoms with E-state index >= 15 is 0 Å². The number of hydrogen-bond donors (Lipinski definition) is 1. The van der Waals surface area contributed by atoms with Crippen molar-refractivity contribution in [3.05, 3.63) is 53.1 Å². The number of amides is 1. The van der Waals surface area contributed by atoms with Gasteiger partial charge in [0.2, 0.25) is 0 Å². The smallest absolute Gasteiger partial charge is 0.261 e. The first-order valence-electron chi connectivity index (χ1n) is 9.55. The van der Waals surface area contributed by atoms with E-state index in [0.29, 0.717) is 24.5 Å². The minimum atomic E-state index is -3.99. The Hall–Kier alpha value is -2.30. The van der Waals surface area contributed by atoms with Gasteiger partial charge >= 0.3 is 0 Å². The van der Waals surface area contributed by atoms with E-state index in [-0.39, 0.29) is 27.0 Å². The van der Waals surface area contributed by atoms with Crippen molar-refractivity contribution >= 4 is 43.1 Å². The summed E-state index contributed by atoms with van der Waals surface area (Å²) >= 11 is 6.16. The van der Waals surface area contributed by atoms with E-state index in [0.717, 1.165) is 0 Å². The summed E-state index contributed by atoms with van der Waals surface area (Å²) in [6.07, 6.45) is 0.333. The lowest BCUT2D eigenvalue weighted by Crippen LogP contribution is -2.38. The Bertz CT molecular complexity index is 1180. The maximum Gasteiger partial charge on any atom is 0.261 e. The van der Waals surface area contributed by atoms with Crippen molar-refractivity contribution in [1.29, 1.82) is 0 Å². The molecule has 1 fully saturated rings. The van der Waals surface area contributed by atoms with E-state index < -0.39 is 31.8 Å². The number of hydrogen-bond acceptors (Lipinski definition) is 6. The second kappa shape index (κ2) is 9.05. The monoisotopic (exact) mass is 486 g/mol. The third-order valence-corrected chi connectivity index (χ3v) is 8.43. The standard InChI is InChI=1S/C20H23ClN2O6S2/c1-3-29-16-6-4-14(5-7-16)22-31(27,28)17-8-9-19(21)18(12-17)20(24)23(2)15-10-11-30(25,26)13-15/h4-9,12,15,22H,3,10-11,13H2,1-2H3. The molecule has 2 aromatic rings. The Balaban J connectivity index is 1.83. The molecular formula is C20H23ClN2O6S2. The first-order valence-corrected chi connectivity index (χ1v) is 13.2. The largest absolute Gasteiger partial charge is 0.494 e. The van der Waals surface area contributed by atoms with Crippen molar-refractivity contribution in [2.45, 2.75) is 24.3 Å². The Morgan fingerprint density at radius 3 is 2.48 bits per heavy atom. The number of carbonyl (C=O) groups is 1. The van der Waals surface area contributed by atoms with E-state index in [1.807, 2.05) is 6.92 Å². The molecule has 31 heavy (non-hydrogen) atoms. The van der Waals surface area contributed by atoms with Gasteiger partial charge in [0.25, 0.3) is 15.9 Å². The van der Waals surface area contributed by atoms with Crippen LogP contribution in [0.3, 0.4) is 0 Å². The highest BCUT2D eigenvalue weighted by atomic mass is 35.5. The molecule has 3 rings (SSSR count). The number of anilines is 1. The predicted molar refractivity (Wildman–Crippen MR) is 119 cm³/mol. The van der Waals surface area contributed by atoms with Crippen molar-refractivity contribution in [2.75, 3.05) is 29.9 Å². The lowest BCUT2D eigenvalue weighted by Gasteiger charge is -2.24. The van der Waals surface area contributed by atoms with Gasteiger partial charge in [0.05, 0.1) is 33.6 Å². The van der Waals surface area contributed by atoms with E-state index in [2.05, 4.69) is 4.72 Å². The van der Waals surface area contributed by atoms with Gasteiger partial charge in [-0.1, -0.05) is 11.6 Å². The number of ether oxygens (including phenoxy) is 1. The number of halogens is 1. The molecule has 0 saturated carbocycles. The van der Waals surface area contributed by atoms with Crippen LogP contribution in [-0.2, 0) is 19.9 Å². The molecule has 1 N–H and O–H groups in total. The Labute approximate surface area is 187 Å². The van der Waals surface area contributed by atoms with Crippen LogP contribution in [0, 0.1) is 0 Å². The maximum atomic E-state index is 12.9. The fraction of sp³-hybridized carbons (Fsp3) is 0.350. The van der Waals surface area contributed by atoms with E-state index in [1.54, 1.807) is 24.3 Å². The maximum absolute atomic E-state index is 12.9. The zero-order chi connectivity index (χ0) is 22.8. The summed E-state index contributed by atoms with van der Waals surface area (Å²) in [6, 6.07) is 9.78. The van der Waals surface area contributed by atoms with Gasteiger partial charge in [0.1, 0.15) is 5.75 Å². The average Bonchev–Trinajstić information content (AvgIpc) is 3.08. The minimum absolute atomic E-state index is 0.0111. The van der Waals surface area contributed by atoms with Crippen molar-refractivity contribution in [3.63, 3.8) is 0 Å². The molecule has 1 unspecified atom stereocenters. The van der Waals surface area contributed by atoms with Crippen LogP contribution >= 0.6 is 11.6 Å². The van der Waals surface area contributed by atoms with E-state index in [9.17, 15) is 21.6 Å². The second-order valence-electron chi connectivity index (χ2n) is 7.18. The van der Waals surface area contributed by atoms with Crippen LogP contribution in [0.4, 0.5) is 5.69 Å². The van der Waals surface area contributed by atoms with Gasteiger partial charge in [0.15, 0.2) is 9.84 Å². The normalized spacial score (nSPS) is 17.8. The summed E-state index contributed by atoms with van der Waals surface area (Å²) in [5.74, 6) is -0.0277. The second-order valence-corrected chi connectivity index (χ2v) is 11.5. The minimum Gasteiger partial charge on any atom is -0.494 e. The molecule has 1 aliphatic heterocycles. The Kier molecular flexibility index (Phi) is 6.82. The van der Waals surface area contributed by atoms with Gasteiger partial charge in [-0.15, -0.1) is 0 Å². The summed E-state index contributed by atoms with van der Waals surface area (Å²) < 4.78 is 56.9. The van der Waals surface area contributed by atoms with Crippen LogP contribution in [0.1, 0.15) is 23.7 Å². The Morgan fingerprint density at radius 2 is 1.90 bits per heavy atom. The third-order valence-electron chi connectivity index (χ3n) is 4.97. The molecule has 1 heterocycles. The predicted octanol–water partition coefficient (Wildman–Crippen LogP) is 2.80. The first-order chi connectivity index (χ1) is 14.5. The molecule has 0 radical (unpaired) electrons. The number of carbonyl (C=O) groups excluding carboxylic acids is 1. The topological polar surface area (TPSA) is 110 Å². The third kappa shape index (κ3) is 5.50. The summed E-state index contributed by atoms with van der Waals surface area (Å²) in [6.45, 7) is 2.34. The van der Waals surface area contributed by atoms with Crippen molar-refractivity contribution in [3.8, 4) is 5.75 Å². The van der Waals surface area contributed by atoms with Gasteiger partial charge in [-0.05, 0) is 55.8 Å². The van der Waals surface area contributed by atoms with Crippen molar-refractivity contribution in [1.82, 2.24) is 4.90 Å². The number of nitrogens with one attached hydrogen (secondary N) is 1. The summed E-state index contributed by atoms with van der Waals surface area (Å²) in [5.41, 5.74) is 0.322. The summed E-state index contributed by atoms with van der Waals surface area (Å²) in [5, 5.41) is 0.0812. The highest BCUT2D eigenvalue weighted by molar-refractivity contribution is 7.92. The van der Waals surface area contributed by atoms with Gasteiger partial charge in [-0.2, -0.15) is 0 Å². The van der Waals surface area contributed by atoms with Crippen LogP contribution in [0.5, 0.6) is 5.75 Å². The van der Waals surface area contributed by atoms with Crippen LogP contribution in [0.15, 0.2) is 47.4 Å². The first kappa shape index (κ1) is 23.4. The van der Waals surface area contributed by atoms with Crippen LogP contribution in [0.25, 0.3) is 0 Å². The van der Waals surface area contributed by atoms with Crippen LogP contribution in [0.2, 0.25) is 5.02 Å². The zero-order valence-electron chi connectivity index (χ0n) is 17.0. The number of sulfonamides is 1. The number of rotatable bonds is 7. The molecule has 2 aromatic carbocycles. The molecule has 0 spiro atoms. The highest BCUT2D eigenvalue weighted by Crippen LogP contribution is 2.26. The highest BCUT2D eigenvalue weighted by Gasteiger charge is 2.34. The van der Waals surface area contributed by atoms with Crippen molar-refractivity contribution in [2.24, 2.45) is 0 Å². The SMILES string of the molecule is CCOc1ccc(NS(=O)(=O)c2ccc(Cl)c(C(=O)N(C)C3CCS(=O)(=O)C3)c2)cc1. The fourth-order valence-electron chi connectivity index (χ4n) is 3.27. The van der Waals surface area contributed by atoms with E-state index in [1.165, 1.54) is 30.1 Å². The summed E-state index contributed by atoms with van der Waals surface area (Å²) in [4.78, 5) is 14.1. The van der Waals surface area contributed by atoms with Crippen LogP contribution < -0.4 is 9.46 Å². The molecule has 0 bridgehead atoms.